The van der Waals surface area contributed by atoms with E-state index in [-0.39, 0.29) is 23.5 Å². The molecule has 29 heavy (non-hydrogen) atoms. The maximum Gasteiger partial charge on any atom is 0.410 e. The highest BCUT2D eigenvalue weighted by molar-refractivity contribution is 5.97. The molecular weight excluding hydrogens is 380 g/mol. The number of carbonyl (C=O) groups excluding carboxylic acids is 2. The van der Waals surface area contributed by atoms with E-state index in [0.29, 0.717) is 39.1 Å². The SMILES string of the molecule is CN(C)CCCC(=O)c1cc(N2CCN(C(=O)OC(C)(C)C)CC2)c(F)cc1F. The van der Waals surface area contributed by atoms with E-state index in [4.69, 9.17) is 4.74 Å². The van der Waals surface area contributed by atoms with E-state index >= 15 is 0 Å². The maximum absolute atomic E-state index is 14.4. The number of halogens is 2. The van der Waals surface area contributed by atoms with Crippen LogP contribution in [-0.4, -0.2) is 74.1 Å². The zero-order chi connectivity index (χ0) is 21.8. The summed E-state index contributed by atoms with van der Waals surface area (Å²) < 4.78 is 34.0. The number of anilines is 1. The van der Waals surface area contributed by atoms with Crippen LogP contribution in [0.1, 0.15) is 44.0 Å². The van der Waals surface area contributed by atoms with Crippen molar-refractivity contribution in [3.8, 4) is 0 Å². The summed E-state index contributed by atoms with van der Waals surface area (Å²) in [4.78, 5) is 29.8. The smallest absolute Gasteiger partial charge is 0.410 e. The zero-order valence-electron chi connectivity index (χ0n) is 17.9. The Hall–Kier alpha value is -2.22. The summed E-state index contributed by atoms with van der Waals surface area (Å²) in [6.07, 6.45) is 0.396. The van der Waals surface area contributed by atoms with Crippen molar-refractivity contribution in [3.05, 3.63) is 29.3 Å². The first-order valence-corrected chi connectivity index (χ1v) is 9.88. The third-order valence-electron chi connectivity index (χ3n) is 4.62. The molecule has 1 heterocycles. The van der Waals surface area contributed by atoms with Crippen molar-refractivity contribution in [3.63, 3.8) is 0 Å². The van der Waals surface area contributed by atoms with Crippen LogP contribution in [0.5, 0.6) is 0 Å². The van der Waals surface area contributed by atoms with Crippen molar-refractivity contribution < 1.29 is 23.1 Å². The van der Waals surface area contributed by atoms with E-state index in [1.807, 2.05) is 19.0 Å². The van der Waals surface area contributed by atoms with Gasteiger partial charge in [-0.15, -0.1) is 0 Å². The van der Waals surface area contributed by atoms with Gasteiger partial charge in [-0.3, -0.25) is 4.79 Å². The summed E-state index contributed by atoms with van der Waals surface area (Å²) in [5.41, 5.74) is -0.486. The molecule has 1 saturated heterocycles. The van der Waals surface area contributed by atoms with Crippen LogP contribution in [0.3, 0.4) is 0 Å². The van der Waals surface area contributed by atoms with Crippen LogP contribution >= 0.6 is 0 Å². The third kappa shape index (κ3) is 6.66. The van der Waals surface area contributed by atoms with Crippen molar-refractivity contribution in [2.24, 2.45) is 0 Å². The number of piperazine rings is 1. The molecule has 0 bridgehead atoms. The third-order valence-corrected chi connectivity index (χ3v) is 4.62. The number of nitrogens with zero attached hydrogens (tertiary/aromatic N) is 3. The molecule has 2 rings (SSSR count). The number of benzene rings is 1. The van der Waals surface area contributed by atoms with Gasteiger partial charge in [-0.1, -0.05) is 0 Å². The quantitative estimate of drug-likeness (QED) is 0.670. The number of amides is 1. The van der Waals surface area contributed by atoms with Crippen LogP contribution in [0.25, 0.3) is 0 Å². The molecule has 0 aromatic heterocycles. The summed E-state index contributed by atoms with van der Waals surface area (Å²) in [6, 6.07) is 2.07. The Morgan fingerprint density at radius 1 is 1.07 bits per heavy atom. The second kappa shape index (κ2) is 9.52. The van der Waals surface area contributed by atoms with Crippen molar-refractivity contribution >= 4 is 17.6 Å². The van der Waals surface area contributed by atoms with Crippen LogP contribution in [-0.2, 0) is 4.74 Å². The normalized spacial score (nSPS) is 15.0. The standard InChI is InChI=1S/C21H31F2N3O3/c1-21(2,3)29-20(28)26-11-9-25(10-12-26)18-13-15(16(22)14-17(18)23)19(27)7-6-8-24(4)5/h13-14H,6-12H2,1-5H3. The van der Waals surface area contributed by atoms with Crippen molar-refractivity contribution in [1.29, 1.82) is 0 Å². The van der Waals surface area contributed by atoms with Gasteiger partial charge < -0.3 is 19.4 Å². The first kappa shape index (κ1) is 23.1. The van der Waals surface area contributed by atoms with Crippen LogP contribution in [0, 0.1) is 11.6 Å². The second-order valence-electron chi connectivity index (χ2n) is 8.57. The van der Waals surface area contributed by atoms with Gasteiger partial charge in [-0.2, -0.15) is 0 Å². The van der Waals surface area contributed by atoms with Gasteiger partial charge in [-0.25, -0.2) is 13.6 Å². The minimum absolute atomic E-state index is 0.0882. The minimum atomic E-state index is -0.839. The summed E-state index contributed by atoms with van der Waals surface area (Å²) in [6.45, 7) is 7.57. The lowest BCUT2D eigenvalue weighted by molar-refractivity contribution is 0.0240. The molecule has 0 radical (unpaired) electrons. The molecule has 162 valence electrons. The lowest BCUT2D eigenvalue weighted by Gasteiger charge is -2.37. The summed E-state index contributed by atoms with van der Waals surface area (Å²) >= 11 is 0. The first-order chi connectivity index (χ1) is 13.5. The molecule has 0 N–H and O–H groups in total. The van der Waals surface area contributed by atoms with E-state index in [1.165, 1.54) is 6.07 Å². The van der Waals surface area contributed by atoms with Crippen molar-refractivity contribution in [1.82, 2.24) is 9.80 Å². The van der Waals surface area contributed by atoms with Gasteiger partial charge in [0.05, 0.1) is 11.3 Å². The van der Waals surface area contributed by atoms with Gasteiger partial charge in [0, 0.05) is 38.7 Å². The number of rotatable bonds is 6. The molecule has 6 nitrogen and oxygen atoms in total. The van der Waals surface area contributed by atoms with Gasteiger partial charge in [0.15, 0.2) is 5.78 Å². The summed E-state index contributed by atoms with van der Waals surface area (Å²) in [5, 5.41) is 0. The Morgan fingerprint density at radius 3 is 2.24 bits per heavy atom. The molecule has 1 amide bonds. The lowest BCUT2D eigenvalue weighted by Crippen LogP contribution is -2.50. The molecule has 0 atom stereocenters. The molecule has 0 aliphatic carbocycles. The lowest BCUT2D eigenvalue weighted by atomic mass is 10.0. The van der Waals surface area contributed by atoms with Gasteiger partial charge in [-0.05, 0) is 53.9 Å². The number of Topliss-reactive ketones (excluding diaryl/α,β-unsaturated/α-hetero) is 1. The second-order valence-corrected chi connectivity index (χ2v) is 8.57. The average molecular weight is 411 g/mol. The number of carbonyl (C=O) groups is 2. The molecule has 1 aliphatic heterocycles. The van der Waals surface area contributed by atoms with Crippen LogP contribution in [0.4, 0.5) is 19.3 Å². The fourth-order valence-corrected chi connectivity index (χ4v) is 3.14. The Kier molecular flexibility index (Phi) is 7.57. The van der Waals surface area contributed by atoms with Crippen LogP contribution < -0.4 is 4.90 Å². The Labute approximate surface area is 171 Å². The minimum Gasteiger partial charge on any atom is -0.444 e. The predicted octanol–water partition coefficient (Wildman–Crippen LogP) is 3.55. The van der Waals surface area contributed by atoms with E-state index in [9.17, 15) is 18.4 Å². The largest absolute Gasteiger partial charge is 0.444 e. The average Bonchev–Trinajstić information content (AvgIpc) is 2.60. The molecule has 0 spiro atoms. The number of ether oxygens (including phenoxy) is 1. The monoisotopic (exact) mass is 411 g/mol. The van der Waals surface area contributed by atoms with Gasteiger partial charge in [0.1, 0.15) is 17.2 Å². The molecule has 1 aromatic carbocycles. The summed E-state index contributed by atoms with van der Waals surface area (Å²) in [5.74, 6) is -1.88. The van der Waals surface area contributed by atoms with Crippen LogP contribution in [0.2, 0.25) is 0 Å². The van der Waals surface area contributed by atoms with Gasteiger partial charge in [0.25, 0.3) is 0 Å². The molecule has 8 heteroatoms. The Morgan fingerprint density at radius 2 is 1.69 bits per heavy atom. The van der Waals surface area contributed by atoms with E-state index in [0.717, 1.165) is 6.07 Å². The van der Waals surface area contributed by atoms with Gasteiger partial charge in [0.2, 0.25) is 0 Å². The van der Waals surface area contributed by atoms with E-state index < -0.39 is 23.3 Å². The highest BCUT2D eigenvalue weighted by Gasteiger charge is 2.27. The molecule has 1 fully saturated rings. The van der Waals surface area contributed by atoms with Crippen LogP contribution in [0.15, 0.2) is 12.1 Å². The molecule has 0 saturated carbocycles. The molecule has 1 aliphatic rings. The fourth-order valence-electron chi connectivity index (χ4n) is 3.14. The van der Waals surface area contributed by atoms with E-state index in [2.05, 4.69) is 0 Å². The number of ketones is 1. The van der Waals surface area contributed by atoms with E-state index in [1.54, 1.807) is 30.6 Å². The van der Waals surface area contributed by atoms with Gasteiger partial charge >= 0.3 is 6.09 Å². The molecular formula is C21H31F2N3O3. The predicted molar refractivity (Wildman–Crippen MR) is 108 cm³/mol. The first-order valence-electron chi connectivity index (χ1n) is 9.88. The van der Waals surface area contributed by atoms with Crippen molar-refractivity contribution in [2.75, 3.05) is 51.7 Å². The highest BCUT2D eigenvalue weighted by atomic mass is 19.1. The summed E-state index contributed by atoms with van der Waals surface area (Å²) in [7, 11) is 3.80. The molecule has 1 aromatic rings. The Bertz CT molecular complexity index is 739. The number of hydrogen-bond donors (Lipinski definition) is 0. The topological polar surface area (TPSA) is 53.1 Å². The maximum atomic E-state index is 14.4. The van der Waals surface area contributed by atoms with Crippen molar-refractivity contribution in [2.45, 2.75) is 39.2 Å². The zero-order valence-corrected chi connectivity index (χ0v) is 17.9. The molecule has 0 unspecified atom stereocenters. The Balaban J connectivity index is 2.06. The number of hydrogen-bond acceptors (Lipinski definition) is 5. The highest BCUT2D eigenvalue weighted by Crippen LogP contribution is 2.26. The fraction of sp³-hybridized carbons (Fsp3) is 0.619.